The van der Waals surface area contributed by atoms with E-state index in [1.807, 2.05) is 0 Å². The van der Waals surface area contributed by atoms with E-state index in [4.69, 9.17) is 19.6 Å². The van der Waals surface area contributed by atoms with Crippen LogP contribution in [0, 0.1) is 5.92 Å². The van der Waals surface area contributed by atoms with E-state index < -0.39 is 29.5 Å². The Morgan fingerprint density at radius 3 is 2.50 bits per heavy atom. The molecule has 3 amide bonds. The zero-order chi connectivity index (χ0) is 31.6. The van der Waals surface area contributed by atoms with E-state index in [1.165, 1.54) is 47.5 Å². The van der Waals surface area contributed by atoms with Crippen LogP contribution in [0.5, 0.6) is 0 Å². The number of aromatic nitrogens is 4. The quantitative estimate of drug-likeness (QED) is 0.263. The molecule has 44 heavy (non-hydrogen) atoms. The van der Waals surface area contributed by atoms with Crippen molar-refractivity contribution < 1.29 is 33.1 Å². The van der Waals surface area contributed by atoms with E-state index in [9.17, 15) is 19.2 Å². The molecule has 5 rings (SSSR count). The van der Waals surface area contributed by atoms with E-state index >= 15 is 0 Å². The number of anilines is 2. The topological polar surface area (TPSA) is 185 Å². The Morgan fingerprint density at radius 2 is 1.86 bits per heavy atom. The highest BCUT2D eigenvalue weighted by Gasteiger charge is 2.31. The first-order valence-corrected chi connectivity index (χ1v) is 13.7. The molecule has 3 N–H and O–H groups in total. The predicted molar refractivity (Wildman–Crippen MR) is 157 cm³/mol. The van der Waals surface area contributed by atoms with E-state index in [2.05, 4.69) is 20.4 Å². The van der Waals surface area contributed by atoms with Crippen molar-refractivity contribution in [2.75, 3.05) is 23.9 Å². The van der Waals surface area contributed by atoms with Crippen molar-refractivity contribution in [3.05, 3.63) is 72.0 Å². The maximum atomic E-state index is 13.1. The number of nitrogens with two attached hydrogens (primary N) is 1. The van der Waals surface area contributed by atoms with Crippen LogP contribution in [0.2, 0.25) is 0 Å². The number of nitrogens with one attached hydrogen (secondary N) is 1. The normalized spacial score (nSPS) is 12.8. The molecule has 1 aliphatic rings. The zero-order valence-corrected chi connectivity index (χ0v) is 24.6. The molecule has 0 saturated heterocycles. The summed E-state index contributed by atoms with van der Waals surface area (Å²) in [5.74, 6) is -1.19. The second kappa shape index (κ2) is 12.0. The third-order valence-electron chi connectivity index (χ3n) is 6.51. The molecule has 228 valence electrons. The van der Waals surface area contributed by atoms with Gasteiger partial charge in [0.1, 0.15) is 17.7 Å². The van der Waals surface area contributed by atoms with Gasteiger partial charge in [-0.05, 0) is 75.9 Å². The van der Waals surface area contributed by atoms with Gasteiger partial charge < -0.3 is 24.9 Å². The molecule has 3 aromatic heterocycles. The van der Waals surface area contributed by atoms with Crippen molar-refractivity contribution in [1.82, 2.24) is 19.7 Å². The Morgan fingerprint density at radius 1 is 1.14 bits per heavy atom. The number of esters is 1. The molecule has 4 aromatic rings. The number of methoxy groups -OCH3 is 1. The monoisotopic (exact) mass is 601 g/mol. The number of nitrogens with zero attached hydrogens (tertiary/aromatic N) is 5. The molecule has 0 bridgehead atoms. The van der Waals surface area contributed by atoms with Gasteiger partial charge in [-0.15, -0.1) is 0 Å². The summed E-state index contributed by atoms with van der Waals surface area (Å²) in [6, 6.07) is 9.53. The fraction of sp³-hybridized carbons (Fsp3) is 0.300. The summed E-state index contributed by atoms with van der Waals surface area (Å²) in [5.41, 5.74) is 5.92. The molecule has 0 spiro atoms. The number of benzene rings is 1. The minimum absolute atomic E-state index is 0.0448. The Bertz CT molecular complexity index is 1720. The van der Waals surface area contributed by atoms with E-state index in [0.717, 1.165) is 12.8 Å². The maximum absolute atomic E-state index is 13.1. The van der Waals surface area contributed by atoms with Gasteiger partial charge in [-0.1, -0.05) is 0 Å². The first-order chi connectivity index (χ1) is 20.9. The maximum Gasteiger partial charge on any atom is 0.416 e. The third-order valence-corrected chi connectivity index (χ3v) is 6.51. The summed E-state index contributed by atoms with van der Waals surface area (Å²) in [6.45, 7) is 5.86. The molecule has 14 heteroatoms. The van der Waals surface area contributed by atoms with Gasteiger partial charge in [-0.25, -0.2) is 24.2 Å². The average Bonchev–Trinajstić information content (AvgIpc) is 3.49. The first-order valence-electron chi connectivity index (χ1n) is 13.7. The first kappa shape index (κ1) is 29.9. The molecule has 1 aromatic carbocycles. The van der Waals surface area contributed by atoms with Crippen molar-refractivity contribution in [2.24, 2.45) is 11.7 Å². The Kier molecular flexibility index (Phi) is 8.16. The van der Waals surface area contributed by atoms with Crippen molar-refractivity contribution >= 4 is 35.4 Å². The fourth-order valence-electron chi connectivity index (χ4n) is 4.18. The molecule has 0 atom stereocenters. The van der Waals surface area contributed by atoms with E-state index in [-0.39, 0.29) is 23.0 Å². The molecule has 0 unspecified atom stereocenters. The van der Waals surface area contributed by atoms with E-state index in [0.29, 0.717) is 35.1 Å². The zero-order valence-electron chi connectivity index (χ0n) is 24.6. The summed E-state index contributed by atoms with van der Waals surface area (Å²) >= 11 is 0. The van der Waals surface area contributed by atoms with Gasteiger partial charge in [0.2, 0.25) is 5.89 Å². The largest absolute Gasteiger partial charge is 0.465 e. The Labute approximate surface area is 252 Å². The Hall–Kier alpha value is -5.53. The van der Waals surface area contributed by atoms with Gasteiger partial charge >= 0.3 is 12.1 Å². The number of rotatable bonds is 9. The van der Waals surface area contributed by atoms with Crippen molar-refractivity contribution in [2.45, 2.75) is 39.2 Å². The smallest absolute Gasteiger partial charge is 0.416 e. The minimum Gasteiger partial charge on any atom is -0.465 e. The van der Waals surface area contributed by atoms with Gasteiger partial charge in [-0.2, -0.15) is 5.10 Å². The summed E-state index contributed by atoms with van der Waals surface area (Å²) in [4.78, 5) is 60.1. The number of amides is 3. The van der Waals surface area contributed by atoms with Gasteiger partial charge in [-0.3, -0.25) is 14.5 Å². The van der Waals surface area contributed by atoms with Crippen LogP contribution in [0.15, 0.2) is 59.5 Å². The second-order valence-corrected chi connectivity index (χ2v) is 11.2. The highest BCUT2D eigenvalue weighted by atomic mass is 16.6. The lowest BCUT2D eigenvalue weighted by atomic mass is 10.2. The summed E-state index contributed by atoms with van der Waals surface area (Å²) in [7, 11) is 1.28. The number of ether oxygens (including phenoxy) is 2. The van der Waals surface area contributed by atoms with Gasteiger partial charge in [0, 0.05) is 18.3 Å². The molecular formula is C30H31N7O7. The lowest BCUT2D eigenvalue weighted by Gasteiger charge is -2.27. The molecule has 1 aliphatic carbocycles. The Balaban J connectivity index is 1.35. The van der Waals surface area contributed by atoms with Crippen LogP contribution >= 0.6 is 0 Å². The van der Waals surface area contributed by atoms with Crippen molar-refractivity contribution in [3.63, 3.8) is 0 Å². The van der Waals surface area contributed by atoms with Crippen molar-refractivity contribution in [1.29, 1.82) is 0 Å². The number of pyridine rings is 1. The van der Waals surface area contributed by atoms with Crippen LogP contribution < -0.4 is 16.0 Å². The van der Waals surface area contributed by atoms with E-state index in [1.54, 1.807) is 45.0 Å². The van der Waals surface area contributed by atoms with Crippen LogP contribution in [0.3, 0.4) is 0 Å². The lowest BCUT2D eigenvalue weighted by Crippen LogP contribution is -2.38. The molecule has 0 radical (unpaired) electrons. The van der Waals surface area contributed by atoms with Gasteiger partial charge in [0.25, 0.3) is 11.8 Å². The third kappa shape index (κ3) is 6.91. The van der Waals surface area contributed by atoms with Crippen LogP contribution in [-0.4, -0.2) is 62.9 Å². The van der Waals surface area contributed by atoms with Crippen molar-refractivity contribution in [3.8, 4) is 17.1 Å². The molecular weight excluding hydrogens is 570 g/mol. The second-order valence-electron chi connectivity index (χ2n) is 11.2. The summed E-state index contributed by atoms with van der Waals surface area (Å²) < 4.78 is 17.2. The fourth-order valence-corrected chi connectivity index (χ4v) is 4.18. The molecule has 0 aliphatic heterocycles. The predicted octanol–water partition coefficient (Wildman–Crippen LogP) is 4.21. The lowest BCUT2D eigenvalue weighted by molar-refractivity contribution is 0.0573. The molecule has 14 nitrogen and oxygen atoms in total. The molecule has 1 fully saturated rings. The molecule has 1 saturated carbocycles. The standard InChI is InChI=1S/C30H31N7O7/c1-30(2,3)44-29(41)36(14-17-5-6-17)23-13-19(11-12-32-23)27-34-22(16-43-27)26(39)33-21-15-37(35-24(21)25(31)38)20-9-7-18(8-10-20)28(40)42-4/h7-13,15-17H,5-6,14H2,1-4H3,(H2,31,38)(H,33,39). The van der Waals surface area contributed by atoms with Gasteiger partial charge in [0.05, 0.1) is 30.2 Å². The number of carbonyl (C=O) groups excluding carboxylic acids is 4. The highest BCUT2D eigenvalue weighted by Crippen LogP contribution is 2.33. The number of hydrogen-bond acceptors (Lipinski definition) is 10. The number of hydrogen-bond donors (Lipinski definition) is 2. The average molecular weight is 602 g/mol. The number of carbonyl (C=O) groups is 4. The molecule has 3 heterocycles. The number of oxazole rings is 1. The van der Waals surface area contributed by atoms with Crippen LogP contribution in [0.1, 0.15) is 64.9 Å². The van der Waals surface area contributed by atoms with Crippen LogP contribution in [0.25, 0.3) is 17.1 Å². The SMILES string of the molecule is COC(=O)c1ccc(-n2cc(NC(=O)c3coc(-c4ccnc(N(CC5CC5)C(=O)OC(C)(C)C)c4)n3)c(C(N)=O)n2)cc1. The van der Waals surface area contributed by atoms with Crippen LogP contribution in [0.4, 0.5) is 16.3 Å². The van der Waals surface area contributed by atoms with Gasteiger partial charge in [0.15, 0.2) is 11.4 Å². The minimum atomic E-state index is -0.865. The van der Waals surface area contributed by atoms with Crippen LogP contribution in [-0.2, 0) is 9.47 Å². The highest BCUT2D eigenvalue weighted by molar-refractivity contribution is 6.07. The summed E-state index contributed by atoms with van der Waals surface area (Å²) in [6.07, 6.45) is 5.63. The number of primary amides is 1. The summed E-state index contributed by atoms with van der Waals surface area (Å²) in [5, 5.41) is 6.77.